The number of ketones is 1. The van der Waals surface area contributed by atoms with E-state index in [1.54, 1.807) is 0 Å². The van der Waals surface area contributed by atoms with Crippen molar-refractivity contribution in [3.05, 3.63) is 23.3 Å². The van der Waals surface area contributed by atoms with Crippen molar-refractivity contribution >= 4 is 22.6 Å². The van der Waals surface area contributed by atoms with Crippen molar-refractivity contribution in [2.24, 2.45) is 5.92 Å². The van der Waals surface area contributed by atoms with Gasteiger partial charge in [-0.2, -0.15) is 0 Å². The van der Waals surface area contributed by atoms with Gasteiger partial charge in [0.2, 0.25) is 0 Å². The maximum absolute atomic E-state index is 13.1. The van der Waals surface area contributed by atoms with Crippen molar-refractivity contribution in [3.63, 3.8) is 0 Å². The van der Waals surface area contributed by atoms with Crippen molar-refractivity contribution in [2.45, 2.75) is 52.0 Å². The molecule has 26 heavy (non-hydrogen) atoms. The second kappa shape index (κ2) is 5.16. The fourth-order valence-electron chi connectivity index (χ4n) is 4.18. The Labute approximate surface area is 150 Å². The van der Waals surface area contributed by atoms with E-state index in [0.717, 1.165) is 40.9 Å². The molecule has 1 unspecified atom stereocenters. The van der Waals surface area contributed by atoms with Crippen LogP contribution in [0.3, 0.4) is 0 Å². The Balaban J connectivity index is 1.93. The molecule has 5 rings (SSSR count). The number of Topliss-reactive ketones (excluding diaryl/α,β-unsaturated/α-hetero) is 1. The molecule has 0 radical (unpaired) electrons. The maximum Gasteiger partial charge on any atom is 0.171 e. The normalized spacial score (nSPS) is 19.7. The molecular weight excluding hydrogens is 330 g/mol. The number of carbonyl (C=O) groups is 1. The predicted molar refractivity (Wildman–Crippen MR) is 97.0 cm³/mol. The monoisotopic (exact) mass is 351 g/mol. The van der Waals surface area contributed by atoms with Crippen LogP contribution in [0.5, 0.6) is 0 Å². The average molecular weight is 351 g/mol. The van der Waals surface area contributed by atoms with Crippen molar-refractivity contribution in [1.29, 1.82) is 0 Å². The van der Waals surface area contributed by atoms with Crippen LogP contribution in [0.2, 0.25) is 0 Å². The Bertz CT molecular complexity index is 1060. The number of anilines is 1. The maximum atomic E-state index is 13.1. The van der Waals surface area contributed by atoms with Gasteiger partial charge in [-0.25, -0.2) is 9.97 Å². The summed E-state index contributed by atoms with van der Waals surface area (Å²) in [5, 5.41) is 5.12. The lowest BCUT2D eigenvalue weighted by Gasteiger charge is -2.15. The zero-order valence-electron chi connectivity index (χ0n) is 15.1. The molecule has 1 saturated carbocycles. The number of nitrogens with zero attached hydrogens (tertiary/aromatic N) is 4. The smallest absolute Gasteiger partial charge is 0.171 e. The van der Waals surface area contributed by atoms with Gasteiger partial charge in [-0.1, -0.05) is 12.1 Å². The van der Waals surface area contributed by atoms with Crippen LogP contribution in [-0.2, 0) is 6.42 Å². The Hall–Kier alpha value is -2.70. The lowest BCUT2D eigenvalue weighted by molar-refractivity contribution is 0.0928. The van der Waals surface area contributed by atoms with E-state index in [0.29, 0.717) is 29.4 Å². The van der Waals surface area contributed by atoms with E-state index >= 15 is 0 Å². The highest BCUT2D eigenvalue weighted by Gasteiger charge is 2.41. The molecule has 0 aromatic carbocycles. The van der Waals surface area contributed by atoms with Crippen LogP contribution in [0, 0.1) is 5.92 Å². The molecule has 2 N–H and O–H groups in total. The van der Waals surface area contributed by atoms with Gasteiger partial charge in [0.1, 0.15) is 23.5 Å². The number of carbonyl (C=O) groups excluding carboxylic acids is 1. The van der Waals surface area contributed by atoms with E-state index in [-0.39, 0.29) is 17.7 Å². The van der Waals surface area contributed by atoms with Gasteiger partial charge < -0.3 is 14.8 Å². The number of fused-ring (bicyclic) bond motifs is 5. The van der Waals surface area contributed by atoms with Gasteiger partial charge in [-0.05, 0) is 33.1 Å². The van der Waals surface area contributed by atoms with Crippen LogP contribution in [0.15, 0.2) is 10.9 Å². The molecule has 1 atom stereocenters. The van der Waals surface area contributed by atoms with Gasteiger partial charge in [0.25, 0.3) is 0 Å². The predicted octanol–water partition coefficient (Wildman–Crippen LogP) is 3.50. The summed E-state index contributed by atoms with van der Waals surface area (Å²) < 4.78 is 7.83. The highest BCUT2D eigenvalue weighted by atomic mass is 16.5. The van der Waals surface area contributed by atoms with E-state index in [2.05, 4.69) is 33.5 Å². The summed E-state index contributed by atoms with van der Waals surface area (Å²) in [4.78, 5) is 21.8. The lowest BCUT2D eigenvalue weighted by atomic mass is 9.96. The first-order valence-electron chi connectivity index (χ1n) is 9.16. The summed E-state index contributed by atoms with van der Waals surface area (Å²) in [5.41, 5.74) is 10.2. The first-order valence-corrected chi connectivity index (χ1v) is 9.16. The molecule has 7 nitrogen and oxygen atoms in total. The molecule has 0 bridgehead atoms. The minimum atomic E-state index is -0.150. The third-order valence-electron chi connectivity index (χ3n) is 5.53. The van der Waals surface area contributed by atoms with E-state index in [1.807, 2.05) is 6.92 Å². The summed E-state index contributed by atoms with van der Waals surface area (Å²) in [6.07, 6.45) is 4.22. The largest absolute Gasteiger partial charge is 0.383 e. The summed E-state index contributed by atoms with van der Waals surface area (Å²) in [6, 6.07) is 0.175. The van der Waals surface area contributed by atoms with Gasteiger partial charge in [0, 0.05) is 29.1 Å². The van der Waals surface area contributed by atoms with E-state index < -0.39 is 0 Å². The molecule has 3 aromatic rings. The second-order valence-corrected chi connectivity index (χ2v) is 7.76. The van der Waals surface area contributed by atoms with Gasteiger partial charge in [0.05, 0.1) is 10.9 Å². The van der Waals surface area contributed by atoms with Crippen LogP contribution in [0.1, 0.15) is 67.4 Å². The quantitative estimate of drug-likeness (QED) is 0.758. The summed E-state index contributed by atoms with van der Waals surface area (Å²) in [7, 11) is 0. The number of aromatic nitrogens is 4. The molecule has 3 aromatic heterocycles. The molecule has 0 saturated heterocycles. The van der Waals surface area contributed by atoms with Crippen LogP contribution < -0.4 is 5.73 Å². The Kier molecular flexibility index (Phi) is 3.08. The zero-order valence-corrected chi connectivity index (χ0v) is 15.1. The number of hydrogen-bond donors (Lipinski definition) is 1. The molecule has 0 spiro atoms. The second-order valence-electron chi connectivity index (χ2n) is 7.76. The van der Waals surface area contributed by atoms with Gasteiger partial charge in [-0.3, -0.25) is 4.79 Å². The van der Waals surface area contributed by atoms with Crippen molar-refractivity contribution in [1.82, 2.24) is 19.7 Å². The lowest BCUT2D eigenvalue weighted by Crippen LogP contribution is -2.16. The molecule has 0 aliphatic heterocycles. The molecular formula is C19H21N5O2. The summed E-state index contributed by atoms with van der Waals surface area (Å²) in [6.45, 7) is 6.19. The Morgan fingerprint density at radius 2 is 2.04 bits per heavy atom. The van der Waals surface area contributed by atoms with E-state index in [1.165, 1.54) is 6.33 Å². The van der Waals surface area contributed by atoms with Crippen LogP contribution in [0.25, 0.3) is 22.3 Å². The van der Waals surface area contributed by atoms with Gasteiger partial charge in [0.15, 0.2) is 11.5 Å². The average Bonchev–Trinajstić information content (AvgIpc) is 3.28. The standard InChI is InChI=1S/C19H21N5O2/c1-8(2)24-11-6-9(3)16(25)14-15(23-26-17(14)10-4-5-10)12(11)13-18(20)21-7-22-19(13)24/h7-10H,4-6H2,1-3H3,(H2,20,21,22). The topological polar surface area (TPSA) is 99.8 Å². The molecule has 2 aliphatic rings. The van der Waals surface area contributed by atoms with Crippen molar-refractivity contribution in [2.75, 3.05) is 5.73 Å². The van der Waals surface area contributed by atoms with E-state index in [4.69, 9.17) is 10.3 Å². The van der Waals surface area contributed by atoms with Gasteiger partial charge in [-0.15, -0.1) is 0 Å². The van der Waals surface area contributed by atoms with Gasteiger partial charge >= 0.3 is 0 Å². The molecule has 7 heteroatoms. The Morgan fingerprint density at radius 3 is 2.73 bits per heavy atom. The highest BCUT2D eigenvalue weighted by Crippen LogP contribution is 2.48. The zero-order chi connectivity index (χ0) is 18.2. The van der Waals surface area contributed by atoms with E-state index in [9.17, 15) is 4.79 Å². The molecule has 3 heterocycles. The van der Waals surface area contributed by atoms with Crippen LogP contribution in [-0.4, -0.2) is 25.5 Å². The third kappa shape index (κ3) is 1.94. The van der Waals surface area contributed by atoms with Crippen LogP contribution in [0.4, 0.5) is 5.82 Å². The first-order chi connectivity index (χ1) is 12.5. The fraction of sp³-hybridized carbons (Fsp3) is 0.474. The SMILES string of the molecule is CC1Cc2c(c3c(N)ncnc3n2C(C)C)-c2noc(C3CC3)c2C1=O. The first kappa shape index (κ1) is 15.5. The number of rotatable bonds is 2. The van der Waals surface area contributed by atoms with Crippen LogP contribution >= 0.6 is 0 Å². The summed E-state index contributed by atoms with van der Waals surface area (Å²) in [5.74, 6) is 1.43. The number of hydrogen-bond acceptors (Lipinski definition) is 6. The molecule has 134 valence electrons. The van der Waals surface area contributed by atoms with Crippen molar-refractivity contribution < 1.29 is 9.32 Å². The highest BCUT2D eigenvalue weighted by molar-refractivity contribution is 6.11. The minimum Gasteiger partial charge on any atom is -0.383 e. The van der Waals surface area contributed by atoms with Crippen molar-refractivity contribution in [3.8, 4) is 11.3 Å². The minimum absolute atomic E-state index is 0.109. The molecule has 2 aliphatic carbocycles. The number of nitrogen functional groups attached to an aromatic ring is 1. The molecule has 1 fully saturated rings. The summed E-state index contributed by atoms with van der Waals surface area (Å²) >= 11 is 0. The third-order valence-corrected chi connectivity index (χ3v) is 5.53. The Morgan fingerprint density at radius 1 is 1.27 bits per heavy atom. The molecule has 0 amide bonds. The fourth-order valence-corrected chi connectivity index (χ4v) is 4.18. The number of nitrogens with two attached hydrogens (primary N) is 1.